The average Bonchev–Trinajstić information content (AvgIpc) is 2.23. The Hall–Kier alpha value is -0.560. The van der Waals surface area contributed by atoms with Crippen molar-refractivity contribution in [2.24, 2.45) is 0 Å². The number of ether oxygens (including phenoxy) is 1. The Balaban J connectivity index is 4.08. The molecule has 0 aromatic carbocycles. The molecule has 0 bridgehead atoms. The summed E-state index contributed by atoms with van der Waals surface area (Å²) in [6.07, 6.45) is -0.845. The summed E-state index contributed by atoms with van der Waals surface area (Å²) >= 11 is 5.27. The van der Waals surface area contributed by atoms with E-state index in [0.29, 0.717) is 0 Å². The molecule has 0 saturated carbocycles. The van der Waals surface area contributed by atoms with Gasteiger partial charge in [-0.3, -0.25) is 0 Å². The van der Waals surface area contributed by atoms with Crippen LogP contribution >= 0.6 is 11.6 Å². The van der Waals surface area contributed by atoms with Crippen LogP contribution in [0.3, 0.4) is 0 Å². The molecule has 14 heavy (non-hydrogen) atoms. The van der Waals surface area contributed by atoms with E-state index in [1.807, 2.05) is 0 Å². The molecule has 0 saturated heterocycles. The molecular formula is C7H14ClNO5. The van der Waals surface area contributed by atoms with Gasteiger partial charge in [-0.1, -0.05) is 0 Å². The van der Waals surface area contributed by atoms with Crippen LogP contribution in [0.1, 0.15) is 0 Å². The minimum Gasteiger partial charge on any atom is -0.448 e. The lowest BCUT2D eigenvalue weighted by Gasteiger charge is -2.27. The van der Waals surface area contributed by atoms with Crippen molar-refractivity contribution in [2.45, 2.75) is 5.54 Å². The number of halogens is 1. The fourth-order valence-electron chi connectivity index (χ4n) is 0.652. The third-order valence-electron chi connectivity index (χ3n) is 1.59. The standard InChI is InChI=1S/C7H14ClNO5/c8-1-2-14-6(13)9-7(3-10,4-11)5-12/h10-12H,1-5H2,(H,9,13). The number of hydrogen-bond acceptors (Lipinski definition) is 5. The molecule has 0 aliphatic carbocycles. The molecule has 0 aliphatic rings. The maximum absolute atomic E-state index is 11.0. The van der Waals surface area contributed by atoms with Crippen LogP contribution in [-0.4, -0.2) is 59.3 Å². The van der Waals surface area contributed by atoms with Crippen LogP contribution in [0, 0.1) is 0 Å². The first-order valence-corrected chi connectivity index (χ1v) is 4.51. The summed E-state index contributed by atoms with van der Waals surface area (Å²) in [5.41, 5.74) is -1.45. The summed E-state index contributed by atoms with van der Waals surface area (Å²) < 4.78 is 4.54. The number of carbonyl (C=O) groups is 1. The number of amides is 1. The van der Waals surface area contributed by atoms with E-state index in [-0.39, 0.29) is 12.5 Å². The monoisotopic (exact) mass is 227 g/mol. The molecule has 0 fully saturated rings. The van der Waals surface area contributed by atoms with Crippen molar-refractivity contribution >= 4 is 17.7 Å². The molecule has 0 spiro atoms. The second-order valence-corrected chi connectivity index (χ2v) is 3.08. The van der Waals surface area contributed by atoms with E-state index in [2.05, 4.69) is 10.1 Å². The number of aliphatic hydroxyl groups is 3. The van der Waals surface area contributed by atoms with Gasteiger partial charge in [0.25, 0.3) is 0 Å². The second-order valence-electron chi connectivity index (χ2n) is 2.70. The van der Waals surface area contributed by atoms with Crippen molar-refractivity contribution < 1.29 is 24.9 Å². The highest BCUT2D eigenvalue weighted by atomic mass is 35.5. The summed E-state index contributed by atoms with van der Waals surface area (Å²) in [5.74, 6) is 0.151. The highest BCUT2D eigenvalue weighted by Gasteiger charge is 2.30. The van der Waals surface area contributed by atoms with Crippen LogP contribution in [0.15, 0.2) is 0 Å². The van der Waals surface area contributed by atoms with Gasteiger partial charge in [-0.25, -0.2) is 4.79 Å². The lowest BCUT2D eigenvalue weighted by molar-refractivity contribution is 0.0377. The molecule has 0 atom stereocenters. The molecule has 0 rings (SSSR count). The zero-order valence-corrected chi connectivity index (χ0v) is 8.33. The number of hydrogen-bond donors (Lipinski definition) is 4. The van der Waals surface area contributed by atoms with E-state index in [1.165, 1.54) is 0 Å². The first-order chi connectivity index (χ1) is 6.64. The molecule has 6 nitrogen and oxygen atoms in total. The summed E-state index contributed by atoms with van der Waals surface area (Å²) in [6, 6.07) is 0. The van der Waals surface area contributed by atoms with Crippen molar-refractivity contribution in [3.63, 3.8) is 0 Å². The normalized spacial score (nSPS) is 11.1. The van der Waals surface area contributed by atoms with Crippen LogP contribution in [0.25, 0.3) is 0 Å². The molecule has 0 radical (unpaired) electrons. The maximum Gasteiger partial charge on any atom is 0.407 e. The quantitative estimate of drug-likeness (QED) is 0.422. The van der Waals surface area contributed by atoms with Gasteiger partial charge >= 0.3 is 6.09 Å². The first kappa shape index (κ1) is 13.4. The van der Waals surface area contributed by atoms with Gasteiger partial charge in [0.15, 0.2) is 0 Å². The average molecular weight is 228 g/mol. The molecule has 1 amide bonds. The minimum atomic E-state index is -1.45. The van der Waals surface area contributed by atoms with Crippen molar-refractivity contribution in [3.05, 3.63) is 0 Å². The molecule has 0 heterocycles. The van der Waals surface area contributed by atoms with Gasteiger partial charge in [0.2, 0.25) is 0 Å². The summed E-state index contributed by atoms with van der Waals surface area (Å²) in [4.78, 5) is 11.0. The highest BCUT2D eigenvalue weighted by Crippen LogP contribution is 2.01. The van der Waals surface area contributed by atoms with Crippen LogP contribution in [-0.2, 0) is 4.74 Å². The molecule has 4 N–H and O–H groups in total. The van der Waals surface area contributed by atoms with Gasteiger partial charge in [-0.15, -0.1) is 11.6 Å². The molecule has 0 unspecified atom stereocenters. The molecule has 7 heteroatoms. The Labute approximate surface area is 86.4 Å². The summed E-state index contributed by atoms with van der Waals surface area (Å²) in [6.45, 7) is -1.74. The van der Waals surface area contributed by atoms with Crippen molar-refractivity contribution in [1.29, 1.82) is 0 Å². The SMILES string of the molecule is O=C(NC(CO)(CO)CO)OCCCl. The van der Waals surface area contributed by atoms with Crippen LogP contribution in [0.2, 0.25) is 0 Å². The van der Waals surface area contributed by atoms with E-state index < -0.39 is 31.5 Å². The third kappa shape index (κ3) is 4.10. The minimum absolute atomic E-state index is 0.0196. The molecule has 0 aromatic rings. The number of alkyl carbamates (subject to hydrolysis) is 1. The maximum atomic E-state index is 11.0. The second kappa shape index (κ2) is 6.83. The summed E-state index contributed by atoms with van der Waals surface area (Å²) in [7, 11) is 0. The smallest absolute Gasteiger partial charge is 0.407 e. The van der Waals surface area contributed by atoms with Crippen LogP contribution in [0.5, 0.6) is 0 Å². The van der Waals surface area contributed by atoms with Crippen LogP contribution in [0.4, 0.5) is 4.79 Å². The Morgan fingerprint density at radius 3 is 2.14 bits per heavy atom. The third-order valence-corrected chi connectivity index (χ3v) is 1.74. The van der Waals surface area contributed by atoms with Crippen molar-refractivity contribution in [3.8, 4) is 0 Å². The lowest BCUT2D eigenvalue weighted by atomic mass is 10.0. The van der Waals surface area contributed by atoms with E-state index in [9.17, 15) is 4.79 Å². The van der Waals surface area contributed by atoms with E-state index >= 15 is 0 Å². The fraction of sp³-hybridized carbons (Fsp3) is 0.857. The van der Waals surface area contributed by atoms with Gasteiger partial charge < -0.3 is 25.4 Å². The number of aliphatic hydroxyl groups excluding tert-OH is 3. The molecular weight excluding hydrogens is 214 g/mol. The number of carbonyl (C=O) groups excluding carboxylic acids is 1. The van der Waals surface area contributed by atoms with Gasteiger partial charge in [0.1, 0.15) is 12.1 Å². The summed E-state index contributed by atoms with van der Waals surface area (Å²) in [5, 5.41) is 28.6. The molecule has 0 aliphatic heterocycles. The number of rotatable bonds is 6. The van der Waals surface area contributed by atoms with Gasteiger partial charge in [-0.2, -0.15) is 0 Å². The number of nitrogens with one attached hydrogen (secondary N) is 1. The fourth-order valence-corrected chi connectivity index (χ4v) is 0.730. The Morgan fingerprint density at radius 2 is 1.79 bits per heavy atom. The van der Waals surface area contributed by atoms with E-state index in [4.69, 9.17) is 26.9 Å². The van der Waals surface area contributed by atoms with E-state index in [1.54, 1.807) is 0 Å². The van der Waals surface area contributed by atoms with Gasteiger partial charge in [0.05, 0.1) is 25.7 Å². The Bertz CT molecular complexity index is 165. The zero-order valence-electron chi connectivity index (χ0n) is 7.57. The van der Waals surface area contributed by atoms with Gasteiger partial charge in [0, 0.05) is 0 Å². The Kier molecular flexibility index (Phi) is 6.56. The predicted molar refractivity (Wildman–Crippen MR) is 49.2 cm³/mol. The largest absolute Gasteiger partial charge is 0.448 e. The van der Waals surface area contributed by atoms with E-state index in [0.717, 1.165) is 0 Å². The number of alkyl halides is 1. The first-order valence-electron chi connectivity index (χ1n) is 3.97. The Morgan fingerprint density at radius 1 is 1.29 bits per heavy atom. The topological polar surface area (TPSA) is 99.0 Å². The van der Waals surface area contributed by atoms with Gasteiger partial charge in [-0.05, 0) is 0 Å². The van der Waals surface area contributed by atoms with Crippen LogP contribution < -0.4 is 5.32 Å². The lowest BCUT2D eigenvalue weighted by Crippen LogP contribution is -2.57. The molecule has 0 aromatic heterocycles. The molecule has 84 valence electrons. The predicted octanol–water partition coefficient (Wildman–Crippen LogP) is -1.33. The van der Waals surface area contributed by atoms with Crippen molar-refractivity contribution in [2.75, 3.05) is 32.3 Å². The van der Waals surface area contributed by atoms with Crippen molar-refractivity contribution in [1.82, 2.24) is 5.32 Å². The zero-order chi connectivity index (χ0) is 11.0. The highest BCUT2D eigenvalue weighted by molar-refractivity contribution is 6.18.